The van der Waals surface area contributed by atoms with Crippen molar-refractivity contribution in [3.05, 3.63) is 29.6 Å². The third-order valence-electron chi connectivity index (χ3n) is 3.84. The molecule has 1 atom stereocenters. The van der Waals surface area contributed by atoms with E-state index in [0.29, 0.717) is 18.7 Å². The first-order valence-corrected chi connectivity index (χ1v) is 7.12. The van der Waals surface area contributed by atoms with Crippen molar-refractivity contribution >= 4 is 17.7 Å². The predicted molar refractivity (Wildman–Crippen MR) is 76.2 cm³/mol. The van der Waals surface area contributed by atoms with Gasteiger partial charge in [-0.3, -0.25) is 24.7 Å². The molecule has 0 saturated carbocycles. The van der Waals surface area contributed by atoms with E-state index in [-0.39, 0.29) is 18.2 Å². The number of hydrogen-bond acceptors (Lipinski definition) is 4. The molecule has 1 fully saturated rings. The van der Waals surface area contributed by atoms with Crippen LogP contribution in [-0.4, -0.2) is 33.1 Å². The zero-order valence-electron chi connectivity index (χ0n) is 12.5. The Balaban J connectivity index is 0.000000774. The fraction of sp³-hybridized carbons (Fsp3) is 0.467. The van der Waals surface area contributed by atoms with Gasteiger partial charge in [0.2, 0.25) is 5.91 Å². The van der Waals surface area contributed by atoms with Gasteiger partial charge in [0.25, 0.3) is 11.8 Å². The van der Waals surface area contributed by atoms with Crippen LogP contribution in [0.25, 0.3) is 0 Å². The number of fused-ring (bicyclic) bond motifs is 1. The third-order valence-corrected chi connectivity index (χ3v) is 3.84. The molecule has 1 saturated heterocycles. The summed E-state index contributed by atoms with van der Waals surface area (Å²) in [7, 11) is 0. The third kappa shape index (κ3) is 2.41. The molecule has 112 valence electrons. The number of nitrogens with one attached hydrogen (secondary N) is 1. The van der Waals surface area contributed by atoms with Crippen LogP contribution in [0.2, 0.25) is 0 Å². The van der Waals surface area contributed by atoms with Crippen LogP contribution in [0, 0.1) is 0 Å². The molecular formula is C15H19N3O3. The maximum Gasteiger partial charge on any atom is 0.273 e. The lowest BCUT2D eigenvalue weighted by Crippen LogP contribution is -2.61. The first-order chi connectivity index (χ1) is 10.0. The van der Waals surface area contributed by atoms with Crippen molar-refractivity contribution in [1.29, 1.82) is 0 Å². The zero-order valence-corrected chi connectivity index (χ0v) is 12.5. The van der Waals surface area contributed by atoms with E-state index in [2.05, 4.69) is 10.3 Å². The smallest absolute Gasteiger partial charge is 0.273 e. The van der Waals surface area contributed by atoms with Gasteiger partial charge in [0.15, 0.2) is 0 Å². The summed E-state index contributed by atoms with van der Waals surface area (Å²) < 4.78 is 0. The monoisotopic (exact) mass is 289 g/mol. The normalized spacial score (nSPS) is 24.1. The van der Waals surface area contributed by atoms with Crippen molar-refractivity contribution in [1.82, 2.24) is 15.2 Å². The largest absolute Gasteiger partial charge is 0.318 e. The van der Waals surface area contributed by atoms with Crippen molar-refractivity contribution in [2.75, 3.05) is 0 Å². The number of piperidine rings is 1. The second-order valence-electron chi connectivity index (χ2n) is 5.05. The van der Waals surface area contributed by atoms with Crippen LogP contribution in [0.3, 0.4) is 0 Å². The number of rotatable bonds is 1. The lowest BCUT2D eigenvalue weighted by Gasteiger charge is -2.39. The minimum Gasteiger partial charge on any atom is -0.318 e. The Morgan fingerprint density at radius 2 is 2.00 bits per heavy atom. The molecule has 3 amide bonds. The van der Waals surface area contributed by atoms with Crippen LogP contribution >= 0.6 is 0 Å². The van der Waals surface area contributed by atoms with Crippen LogP contribution < -0.4 is 5.32 Å². The van der Waals surface area contributed by atoms with Gasteiger partial charge in [-0.15, -0.1) is 0 Å². The van der Waals surface area contributed by atoms with E-state index in [1.54, 1.807) is 19.2 Å². The maximum atomic E-state index is 12.3. The SMILES string of the molecule is CC.CC1(N2Cc3cccnc3C2=O)CCC(=O)NC1=O. The van der Waals surface area contributed by atoms with E-state index in [1.165, 1.54) is 4.90 Å². The molecule has 0 radical (unpaired) electrons. The molecule has 0 aliphatic carbocycles. The van der Waals surface area contributed by atoms with Gasteiger partial charge >= 0.3 is 0 Å². The Morgan fingerprint density at radius 3 is 2.62 bits per heavy atom. The molecule has 3 heterocycles. The molecule has 0 bridgehead atoms. The molecule has 3 rings (SSSR count). The highest BCUT2D eigenvalue weighted by atomic mass is 16.2. The van der Waals surface area contributed by atoms with Gasteiger partial charge in [-0.25, -0.2) is 0 Å². The first-order valence-electron chi connectivity index (χ1n) is 7.12. The quantitative estimate of drug-likeness (QED) is 0.789. The Labute approximate surface area is 123 Å². The van der Waals surface area contributed by atoms with Gasteiger partial charge in [-0.05, 0) is 19.4 Å². The van der Waals surface area contributed by atoms with Gasteiger partial charge in [0.05, 0.1) is 0 Å². The molecule has 1 N–H and O–H groups in total. The fourth-order valence-corrected chi connectivity index (χ4v) is 2.58. The molecule has 1 aromatic rings. The summed E-state index contributed by atoms with van der Waals surface area (Å²) in [5.41, 5.74) is 0.234. The second-order valence-corrected chi connectivity index (χ2v) is 5.05. The summed E-state index contributed by atoms with van der Waals surface area (Å²) in [6.07, 6.45) is 2.15. The number of aromatic nitrogens is 1. The number of carbonyl (C=O) groups excluding carboxylic acids is 3. The number of carbonyl (C=O) groups is 3. The Morgan fingerprint density at radius 1 is 1.29 bits per heavy atom. The van der Waals surface area contributed by atoms with E-state index in [0.717, 1.165) is 5.56 Å². The number of hydrogen-bond donors (Lipinski definition) is 1. The number of amides is 3. The maximum absolute atomic E-state index is 12.3. The Kier molecular flexibility index (Phi) is 4.06. The van der Waals surface area contributed by atoms with Crippen LogP contribution in [0.5, 0.6) is 0 Å². The molecule has 2 aliphatic heterocycles. The van der Waals surface area contributed by atoms with Gasteiger partial charge in [-0.1, -0.05) is 19.9 Å². The van der Waals surface area contributed by atoms with Gasteiger partial charge in [0.1, 0.15) is 11.2 Å². The van der Waals surface area contributed by atoms with Crippen molar-refractivity contribution < 1.29 is 14.4 Å². The summed E-state index contributed by atoms with van der Waals surface area (Å²) in [4.78, 5) is 41.2. The Bertz CT molecular complexity index is 600. The van der Waals surface area contributed by atoms with E-state index in [9.17, 15) is 14.4 Å². The lowest BCUT2D eigenvalue weighted by atomic mass is 9.89. The van der Waals surface area contributed by atoms with Crippen LogP contribution in [-0.2, 0) is 16.1 Å². The fourth-order valence-electron chi connectivity index (χ4n) is 2.58. The van der Waals surface area contributed by atoms with Crippen molar-refractivity contribution in [2.24, 2.45) is 0 Å². The highest BCUT2D eigenvalue weighted by molar-refractivity contribution is 6.06. The Hall–Kier alpha value is -2.24. The van der Waals surface area contributed by atoms with Crippen LogP contribution in [0.15, 0.2) is 18.3 Å². The molecule has 2 aliphatic rings. The van der Waals surface area contributed by atoms with Crippen LogP contribution in [0.1, 0.15) is 49.7 Å². The average Bonchev–Trinajstić information content (AvgIpc) is 2.84. The number of imide groups is 1. The molecule has 6 heteroatoms. The summed E-state index contributed by atoms with van der Waals surface area (Å²) in [5, 5.41) is 2.30. The van der Waals surface area contributed by atoms with Gasteiger partial charge in [-0.2, -0.15) is 0 Å². The molecule has 1 aromatic heterocycles. The van der Waals surface area contributed by atoms with Crippen molar-refractivity contribution in [3.63, 3.8) is 0 Å². The molecular weight excluding hydrogens is 270 g/mol. The topological polar surface area (TPSA) is 79.4 Å². The molecule has 6 nitrogen and oxygen atoms in total. The predicted octanol–water partition coefficient (Wildman–Crippen LogP) is 1.26. The van der Waals surface area contributed by atoms with E-state index in [4.69, 9.17) is 0 Å². The minimum absolute atomic E-state index is 0.246. The standard InChI is InChI=1S/C13H13N3O3.C2H6/c1-13(5-4-9(17)15-12(13)19)16-7-8-3-2-6-14-10(8)11(16)18;1-2/h2-3,6H,4-5,7H2,1H3,(H,15,17,19);1-2H3. The summed E-state index contributed by atoms with van der Waals surface area (Å²) >= 11 is 0. The zero-order chi connectivity index (χ0) is 15.6. The molecule has 1 unspecified atom stereocenters. The highest BCUT2D eigenvalue weighted by Gasteiger charge is 2.48. The number of nitrogens with zero attached hydrogens (tertiary/aromatic N) is 2. The minimum atomic E-state index is -0.980. The lowest BCUT2D eigenvalue weighted by molar-refractivity contribution is -0.142. The van der Waals surface area contributed by atoms with Crippen LogP contribution in [0.4, 0.5) is 0 Å². The summed E-state index contributed by atoms with van der Waals surface area (Å²) in [5.74, 6) is -0.947. The second kappa shape index (κ2) is 5.63. The average molecular weight is 289 g/mol. The van der Waals surface area contributed by atoms with E-state index in [1.807, 2.05) is 19.9 Å². The van der Waals surface area contributed by atoms with Gasteiger partial charge in [0, 0.05) is 24.7 Å². The molecule has 0 spiro atoms. The van der Waals surface area contributed by atoms with E-state index < -0.39 is 11.4 Å². The highest BCUT2D eigenvalue weighted by Crippen LogP contribution is 2.32. The van der Waals surface area contributed by atoms with Crippen molar-refractivity contribution in [2.45, 2.75) is 45.7 Å². The van der Waals surface area contributed by atoms with Gasteiger partial charge < -0.3 is 4.90 Å². The first kappa shape index (κ1) is 15.2. The molecule has 0 aromatic carbocycles. The summed E-state index contributed by atoms with van der Waals surface area (Å²) in [6, 6.07) is 3.60. The molecule has 21 heavy (non-hydrogen) atoms. The summed E-state index contributed by atoms with van der Waals surface area (Å²) in [6.45, 7) is 6.05. The van der Waals surface area contributed by atoms with E-state index >= 15 is 0 Å². The number of pyridine rings is 1. The van der Waals surface area contributed by atoms with Crippen molar-refractivity contribution in [3.8, 4) is 0 Å².